The lowest BCUT2D eigenvalue weighted by Gasteiger charge is -1.97. The second-order valence-electron chi connectivity index (χ2n) is 2.73. The highest BCUT2D eigenvalue weighted by Gasteiger charge is 2.06. The van der Waals surface area contributed by atoms with Gasteiger partial charge in [-0.2, -0.15) is 19.7 Å². The first-order chi connectivity index (χ1) is 6.36. The fourth-order valence-electron chi connectivity index (χ4n) is 1.40. The van der Waals surface area contributed by atoms with Crippen molar-refractivity contribution in [3.8, 4) is 0 Å². The van der Waals surface area contributed by atoms with E-state index < -0.39 is 0 Å². The van der Waals surface area contributed by atoms with Crippen LogP contribution in [0, 0.1) is 0 Å². The summed E-state index contributed by atoms with van der Waals surface area (Å²) >= 11 is 0. The Labute approximate surface area is 72.4 Å². The van der Waals surface area contributed by atoms with Crippen LogP contribution < -0.4 is 5.73 Å². The summed E-state index contributed by atoms with van der Waals surface area (Å²) in [4.78, 5) is 4.10. The number of anilines is 1. The van der Waals surface area contributed by atoms with Crippen LogP contribution >= 0.6 is 0 Å². The third kappa shape index (κ3) is 0.689. The molecular weight excluding hydrogens is 168 g/mol. The molecule has 64 valence electrons. The van der Waals surface area contributed by atoms with E-state index in [4.69, 9.17) is 5.73 Å². The molecule has 0 bridgehead atoms. The van der Waals surface area contributed by atoms with E-state index in [9.17, 15) is 0 Å². The summed E-state index contributed by atoms with van der Waals surface area (Å²) in [5, 5.41) is 11.6. The van der Waals surface area contributed by atoms with Gasteiger partial charge in [-0.1, -0.05) is 0 Å². The smallest absolute Gasteiger partial charge is 0.223 e. The molecule has 0 amide bonds. The van der Waals surface area contributed by atoms with Crippen molar-refractivity contribution in [2.24, 2.45) is 0 Å². The van der Waals surface area contributed by atoms with E-state index in [-0.39, 0.29) is 0 Å². The zero-order valence-electron chi connectivity index (χ0n) is 6.60. The van der Waals surface area contributed by atoms with Gasteiger partial charge in [-0.15, -0.1) is 0 Å². The molecule has 0 atom stereocenters. The number of hydrogen-bond donors (Lipinski definition) is 2. The van der Waals surface area contributed by atoms with Crippen LogP contribution in [-0.4, -0.2) is 24.8 Å². The van der Waals surface area contributed by atoms with Crippen LogP contribution in [0.4, 0.5) is 5.95 Å². The van der Waals surface area contributed by atoms with Gasteiger partial charge < -0.3 is 5.73 Å². The van der Waals surface area contributed by atoms with Gasteiger partial charge >= 0.3 is 0 Å². The van der Waals surface area contributed by atoms with Crippen LogP contribution in [0.5, 0.6) is 0 Å². The molecule has 3 aromatic heterocycles. The Kier molecular flexibility index (Phi) is 0.974. The van der Waals surface area contributed by atoms with Gasteiger partial charge in [0.25, 0.3) is 0 Å². The maximum absolute atomic E-state index is 5.67. The van der Waals surface area contributed by atoms with Crippen LogP contribution in [0.25, 0.3) is 16.6 Å². The standard InChI is InChI=1S/C7H6N6/c8-7-11-6-4(3-9-12-6)5-1-2-10-13(5)7/h1-3H,(H3,8,9,11,12). The topological polar surface area (TPSA) is 84.9 Å². The molecular formula is C7H6N6. The van der Waals surface area contributed by atoms with Crippen LogP contribution in [0.15, 0.2) is 18.5 Å². The van der Waals surface area contributed by atoms with Crippen LogP contribution in [-0.2, 0) is 0 Å². The average Bonchev–Trinajstić information content (AvgIpc) is 2.66. The quantitative estimate of drug-likeness (QED) is 0.509. The Morgan fingerprint density at radius 2 is 2.38 bits per heavy atom. The molecule has 0 aliphatic carbocycles. The molecule has 3 heterocycles. The first-order valence-corrected chi connectivity index (χ1v) is 3.78. The molecule has 0 aliphatic rings. The number of nitrogens with zero attached hydrogens (tertiary/aromatic N) is 4. The minimum absolute atomic E-state index is 0.358. The number of nitrogen functional groups attached to an aromatic ring is 1. The highest BCUT2D eigenvalue weighted by Crippen LogP contribution is 2.17. The molecule has 3 rings (SSSR count). The highest BCUT2D eigenvalue weighted by molar-refractivity contribution is 5.91. The number of rotatable bonds is 0. The normalized spacial score (nSPS) is 11.4. The maximum atomic E-state index is 5.67. The molecule has 0 saturated carbocycles. The third-order valence-electron chi connectivity index (χ3n) is 1.98. The van der Waals surface area contributed by atoms with Crippen molar-refractivity contribution in [1.82, 2.24) is 24.8 Å². The summed E-state index contributed by atoms with van der Waals surface area (Å²) in [7, 11) is 0. The fourth-order valence-corrected chi connectivity index (χ4v) is 1.40. The van der Waals surface area contributed by atoms with Crippen molar-refractivity contribution in [3.63, 3.8) is 0 Å². The second kappa shape index (κ2) is 1.98. The minimum atomic E-state index is 0.358. The molecule has 0 unspecified atom stereocenters. The van der Waals surface area contributed by atoms with Crippen LogP contribution in [0.3, 0.4) is 0 Å². The van der Waals surface area contributed by atoms with Crippen molar-refractivity contribution in [2.75, 3.05) is 5.73 Å². The molecule has 0 spiro atoms. The van der Waals surface area contributed by atoms with Gasteiger partial charge in [-0.3, -0.25) is 5.10 Å². The van der Waals surface area contributed by atoms with Gasteiger partial charge in [-0.05, 0) is 6.07 Å². The number of aromatic nitrogens is 5. The zero-order chi connectivity index (χ0) is 8.84. The van der Waals surface area contributed by atoms with E-state index in [1.807, 2.05) is 6.07 Å². The Hall–Kier alpha value is -2.11. The lowest BCUT2D eigenvalue weighted by Crippen LogP contribution is -2.01. The summed E-state index contributed by atoms with van der Waals surface area (Å²) in [6.07, 6.45) is 3.39. The van der Waals surface area contributed by atoms with Crippen molar-refractivity contribution in [1.29, 1.82) is 0 Å². The first-order valence-electron chi connectivity index (χ1n) is 3.78. The third-order valence-corrected chi connectivity index (χ3v) is 1.98. The Balaban J connectivity index is 2.70. The monoisotopic (exact) mass is 174 g/mol. The lowest BCUT2D eigenvalue weighted by atomic mass is 10.3. The summed E-state index contributed by atoms with van der Waals surface area (Å²) in [6, 6.07) is 1.87. The van der Waals surface area contributed by atoms with Gasteiger partial charge in [0, 0.05) is 0 Å². The number of fused-ring (bicyclic) bond motifs is 3. The maximum Gasteiger partial charge on any atom is 0.223 e. The van der Waals surface area contributed by atoms with Crippen molar-refractivity contribution in [2.45, 2.75) is 0 Å². The van der Waals surface area contributed by atoms with E-state index in [2.05, 4.69) is 20.3 Å². The first kappa shape index (κ1) is 6.41. The van der Waals surface area contributed by atoms with E-state index in [1.54, 1.807) is 16.9 Å². The number of nitrogens with one attached hydrogen (secondary N) is 1. The van der Waals surface area contributed by atoms with Gasteiger partial charge in [0.1, 0.15) is 0 Å². The van der Waals surface area contributed by atoms with Gasteiger partial charge in [-0.25, -0.2) is 0 Å². The lowest BCUT2D eigenvalue weighted by molar-refractivity contribution is 0.947. The zero-order valence-corrected chi connectivity index (χ0v) is 6.60. The van der Waals surface area contributed by atoms with Crippen LogP contribution in [0.1, 0.15) is 0 Å². The molecule has 3 N–H and O–H groups in total. The van der Waals surface area contributed by atoms with Crippen molar-refractivity contribution in [3.05, 3.63) is 18.5 Å². The van der Waals surface area contributed by atoms with E-state index in [0.29, 0.717) is 11.6 Å². The SMILES string of the molecule is Nc1nc2[nH]ncc2c2ccnn12. The molecule has 3 aromatic rings. The largest absolute Gasteiger partial charge is 0.368 e. The Bertz CT molecular complexity index is 577. The predicted octanol–water partition coefficient (Wildman–Crippen LogP) is 0.188. The van der Waals surface area contributed by atoms with E-state index in [0.717, 1.165) is 10.9 Å². The molecule has 0 aliphatic heterocycles. The van der Waals surface area contributed by atoms with Crippen molar-refractivity contribution >= 4 is 22.5 Å². The molecule has 13 heavy (non-hydrogen) atoms. The van der Waals surface area contributed by atoms with Gasteiger partial charge in [0.05, 0.1) is 23.3 Å². The Morgan fingerprint density at radius 1 is 1.46 bits per heavy atom. The summed E-state index contributed by atoms with van der Waals surface area (Å²) in [6.45, 7) is 0. The van der Waals surface area contributed by atoms with E-state index >= 15 is 0 Å². The summed E-state index contributed by atoms with van der Waals surface area (Å²) in [5.41, 5.74) is 7.27. The van der Waals surface area contributed by atoms with Gasteiger partial charge in [0.15, 0.2) is 5.65 Å². The molecule has 0 aromatic carbocycles. The molecule has 6 heteroatoms. The van der Waals surface area contributed by atoms with Gasteiger partial charge in [0.2, 0.25) is 5.95 Å². The summed E-state index contributed by atoms with van der Waals surface area (Å²) < 4.78 is 1.58. The summed E-state index contributed by atoms with van der Waals surface area (Å²) in [5.74, 6) is 0.358. The predicted molar refractivity (Wildman–Crippen MR) is 47.1 cm³/mol. The number of hydrogen-bond acceptors (Lipinski definition) is 4. The molecule has 0 radical (unpaired) electrons. The Morgan fingerprint density at radius 3 is 3.31 bits per heavy atom. The second-order valence-corrected chi connectivity index (χ2v) is 2.73. The molecule has 0 fully saturated rings. The number of H-pyrrole nitrogens is 1. The minimum Gasteiger partial charge on any atom is -0.368 e. The highest BCUT2D eigenvalue weighted by atomic mass is 15.3. The fraction of sp³-hybridized carbons (Fsp3) is 0. The number of aromatic amines is 1. The molecule has 6 nitrogen and oxygen atoms in total. The van der Waals surface area contributed by atoms with Crippen LogP contribution in [0.2, 0.25) is 0 Å². The molecule has 0 saturated heterocycles. The van der Waals surface area contributed by atoms with E-state index in [1.165, 1.54) is 0 Å². The van der Waals surface area contributed by atoms with Crippen molar-refractivity contribution < 1.29 is 0 Å². The number of nitrogens with two attached hydrogens (primary N) is 1. The average molecular weight is 174 g/mol.